The fourth-order valence-electron chi connectivity index (χ4n) is 2.25. The highest BCUT2D eigenvalue weighted by atomic mass is 32.2. The zero-order valence-electron chi connectivity index (χ0n) is 12.3. The predicted molar refractivity (Wildman–Crippen MR) is 79.3 cm³/mol. The lowest BCUT2D eigenvalue weighted by Crippen LogP contribution is -2.44. The normalized spacial score (nSPS) is 15.0. The summed E-state index contributed by atoms with van der Waals surface area (Å²) in [6.07, 6.45) is 0.640. The van der Waals surface area contributed by atoms with Crippen molar-refractivity contribution in [1.29, 1.82) is 0 Å². The number of fused-ring (bicyclic) bond motifs is 1. The number of carbonyl (C=O) groups is 1. The number of hydrogen-bond acceptors (Lipinski definition) is 3. The minimum absolute atomic E-state index is 0.00611. The summed E-state index contributed by atoms with van der Waals surface area (Å²) in [5.41, 5.74) is 2.22. The molecule has 0 radical (unpaired) electrons. The van der Waals surface area contributed by atoms with Crippen molar-refractivity contribution in [1.82, 2.24) is 4.31 Å². The largest absolute Gasteiger partial charge is 0.304 e. The molecule has 6 heteroatoms. The Morgan fingerprint density at radius 3 is 2.55 bits per heavy atom. The zero-order valence-corrected chi connectivity index (χ0v) is 13.1. The molecule has 0 aromatic heterocycles. The smallest absolute Gasteiger partial charge is 0.295 e. The van der Waals surface area contributed by atoms with Crippen LogP contribution in [0, 0.1) is 0 Å². The Hall–Kier alpha value is -1.40. The van der Waals surface area contributed by atoms with E-state index >= 15 is 0 Å². The van der Waals surface area contributed by atoms with Crippen LogP contribution in [0.5, 0.6) is 0 Å². The first-order valence-corrected chi connectivity index (χ1v) is 8.04. The number of rotatable bonds is 4. The predicted octanol–water partition coefficient (Wildman–Crippen LogP) is 1.84. The van der Waals surface area contributed by atoms with E-state index in [1.54, 1.807) is 25.2 Å². The second-order valence-corrected chi connectivity index (χ2v) is 7.25. The van der Waals surface area contributed by atoms with Gasteiger partial charge in [-0.1, -0.05) is 0 Å². The molecular weight excluding hydrogens is 276 g/mol. The van der Waals surface area contributed by atoms with Crippen LogP contribution < -0.4 is 4.31 Å². The third-order valence-corrected chi connectivity index (χ3v) is 5.79. The van der Waals surface area contributed by atoms with E-state index in [4.69, 9.17) is 0 Å². The van der Waals surface area contributed by atoms with Crippen LogP contribution in [0.3, 0.4) is 0 Å². The average Bonchev–Trinajstić information content (AvgIpc) is 2.80. The van der Waals surface area contributed by atoms with E-state index in [2.05, 4.69) is 0 Å². The van der Waals surface area contributed by atoms with Crippen molar-refractivity contribution in [2.24, 2.45) is 0 Å². The topological polar surface area (TPSA) is 57.7 Å². The maximum Gasteiger partial charge on any atom is 0.304 e. The average molecular weight is 296 g/mol. The molecule has 0 bridgehead atoms. The number of Topliss-reactive ketones (excluding diaryl/α,β-unsaturated/α-hetero) is 1. The van der Waals surface area contributed by atoms with Crippen molar-refractivity contribution >= 4 is 21.7 Å². The molecule has 0 saturated heterocycles. The molecule has 0 spiro atoms. The molecule has 0 aliphatic carbocycles. The van der Waals surface area contributed by atoms with E-state index < -0.39 is 10.2 Å². The van der Waals surface area contributed by atoms with Crippen LogP contribution in [-0.4, -0.2) is 38.1 Å². The van der Waals surface area contributed by atoms with Gasteiger partial charge in [0.2, 0.25) is 0 Å². The summed E-state index contributed by atoms with van der Waals surface area (Å²) in [5, 5.41) is 0. The second kappa shape index (κ2) is 5.18. The van der Waals surface area contributed by atoms with Crippen LogP contribution in [0.25, 0.3) is 0 Å². The lowest BCUT2D eigenvalue weighted by atomic mass is 10.1. The summed E-state index contributed by atoms with van der Waals surface area (Å²) in [6.45, 7) is 5.62. The molecule has 1 aliphatic rings. The summed E-state index contributed by atoms with van der Waals surface area (Å²) in [7, 11) is -1.92. The van der Waals surface area contributed by atoms with Crippen LogP contribution in [0.15, 0.2) is 18.2 Å². The molecule has 5 nitrogen and oxygen atoms in total. The number of ketones is 1. The Morgan fingerprint density at radius 1 is 1.35 bits per heavy atom. The second-order valence-electron chi connectivity index (χ2n) is 5.34. The minimum atomic E-state index is -3.50. The molecule has 1 aromatic carbocycles. The summed E-state index contributed by atoms with van der Waals surface area (Å²) >= 11 is 0. The maximum atomic E-state index is 12.5. The first-order chi connectivity index (χ1) is 9.25. The highest BCUT2D eigenvalue weighted by Crippen LogP contribution is 2.32. The third kappa shape index (κ3) is 2.45. The molecule has 2 rings (SSSR count). The van der Waals surface area contributed by atoms with Crippen molar-refractivity contribution in [3.05, 3.63) is 29.3 Å². The van der Waals surface area contributed by atoms with E-state index in [1.807, 2.05) is 13.8 Å². The molecule has 0 N–H and O–H groups in total. The molecule has 1 aliphatic heterocycles. The van der Waals surface area contributed by atoms with Crippen molar-refractivity contribution < 1.29 is 13.2 Å². The summed E-state index contributed by atoms with van der Waals surface area (Å²) in [6, 6.07) is 5.11. The van der Waals surface area contributed by atoms with Crippen molar-refractivity contribution in [3.8, 4) is 0 Å². The molecular formula is C14H20N2O3S. The van der Waals surface area contributed by atoms with Gasteiger partial charge in [-0.3, -0.25) is 9.10 Å². The Kier molecular flexibility index (Phi) is 3.88. The van der Waals surface area contributed by atoms with Gasteiger partial charge in [-0.2, -0.15) is 12.7 Å². The fraction of sp³-hybridized carbons (Fsp3) is 0.500. The van der Waals surface area contributed by atoms with Gasteiger partial charge in [0, 0.05) is 25.2 Å². The van der Waals surface area contributed by atoms with Crippen LogP contribution in [0.1, 0.15) is 36.7 Å². The number of anilines is 1. The molecule has 0 fully saturated rings. The summed E-state index contributed by atoms with van der Waals surface area (Å²) in [5.74, 6) is -0.00611. The molecule has 110 valence electrons. The lowest BCUT2D eigenvalue weighted by Gasteiger charge is -2.28. The fourth-order valence-corrected chi connectivity index (χ4v) is 3.84. The first-order valence-electron chi connectivity index (χ1n) is 6.64. The van der Waals surface area contributed by atoms with Crippen LogP contribution >= 0.6 is 0 Å². The van der Waals surface area contributed by atoms with Crippen LogP contribution in [0.4, 0.5) is 5.69 Å². The number of nitrogens with zero attached hydrogens (tertiary/aromatic N) is 2. The van der Waals surface area contributed by atoms with Gasteiger partial charge in [0.05, 0.1) is 5.69 Å². The van der Waals surface area contributed by atoms with Gasteiger partial charge in [0.1, 0.15) is 0 Å². The van der Waals surface area contributed by atoms with Crippen molar-refractivity contribution in [3.63, 3.8) is 0 Å². The molecule has 0 unspecified atom stereocenters. The lowest BCUT2D eigenvalue weighted by molar-refractivity contribution is 0.101. The van der Waals surface area contributed by atoms with Gasteiger partial charge < -0.3 is 0 Å². The van der Waals surface area contributed by atoms with Gasteiger partial charge in [-0.15, -0.1) is 0 Å². The number of hydrogen-bond donors (Lipinski definition) is 0. The van der Waals surface area contributed by atoms with Crippen molar-refractivity contribution in [2.75, 3.05) is 17.9 Å². The standard InChI is InChI=1S/C14H20N2O3S/c1-10(2)15(4)20(18,19)16-8-7-13-9-12(11(3)17)5-6-14(13)16/h5-6,9-10H,7-8H2,1-4H3. The highest BCUT2D eigenvalue weighted by Gasteiger charge is 2.33. The van der Waals surface area contributed by atoms with Crippen molar-refractivity contribution in [2.45, 2.75) is 33.2 Å². The zero-order chi connectivity index (χ0) is 15.1. The summed E-state index contributed by atoms with van der Waals surface area (Å²) < 4.78 is 27.9. The molecule has 0 amide bonds. The quantitative estimate of drug-likeness (QED) is 0.797. The van der Waals surface area contributed by atoms with Gasteiger partial charge in [0.15, 0.2) is 5.78 Å². The first kappa shape index (κ1) is 15.0. The molecule has 1 aromatic rings. The van der Waals surface area contributed by atoms with E-state index in [-0.39, 0.29) is 11.8 Å². The minimum Gasteiger partial charge on any atom is -0.295 e. The van der Waals surface area contributed by atoms with E-state index in [1.165, 1.54) is 15.5 Å². The van der Waals surface area contributed by atoms with E-state index in [9.17, 15) is 13.2 Å². The molecule has 0 saturated carbocycles. The Balaban J connectivity index is 2.40. The van der Waals surface area contributed by atoms with Crippen LogP contribution in [0.2, 0.25) is 0 Å². The SMILES string of the molecule is CC(=O)c1ccc2c(c1)CCN2S(=O)(=O)N(C)C(C)C. The van der Waals surface area contributed by atoms with Crippen LogP contribution in [-0.2, 0) is 16.6 Å². The Bertz CT molecular complexity index is 638. The molecule has 0 atom stereocenters. The van der Waals surface area contributed by atoms with Gasteiger partial charge in [0.25, 0.3) is 0 Å². The Morgan fingerprint density at radius 2 is 2.00 bits per heavy atom. The van der Waals surface area contributed by atoms with Gasteiger partial charge >= 0.3 is 10.2 Å². The summed E-state index contributed by atoms with van der Waals surface area (Å²) in [4.78, 5) is 11.4. The number of benzene rings is 1. The van der Waals surface area contributed by atoms with E-state index in [0.717, 1.165) is 5.56 Å². The Labute approximate surface area is 120 Å². The number of carbonyl (C=O) groups excluding carboxylic acids is 1. The van der Waals surface area contributed by atoms with E-state index in [0.29, 0.717) is 24.2 Å². The molecule has 20 heavy (non-hydrogen) atoms. The monoisotopic (exact) mass is 296 g/mol. The van der Waals surface area contributed by atoms with Gasteiger partial charge in [-0.05, 0) is 51.0 Å². The highest BCUT2D eigenvalue weighted by molar-refractivity contribution is 7.90. The van der Waals surface area contributed by atoms with Gasteiger partial charge in [-0.25, -0.2) is 0 Å². The maximum absolute atomic E-state index is 12.5. The molecule has 1 heterocycles. The third-order valence-electron chi connectivity index (χ3n) is 3.71.